The second-order valence-corrected chi connectivity index (χ2v) is 13.1. The number of carbonyl (C=O) groups excluding carboxylic acids is 2. The highest BCUT2D eigenvalue weighted by Gasteiger charge is 2.51. The van der Waals surface area contributed by atoms with Gasteiger partial charge in [-0.15, -0.1) is 0 Å². The van der Waals surface area contributed by atoms with Gasteiger partial charge in [0.1, 0.15) is 5.60 Å². The molecule has 2 aliphatic rings. The summed E-state index contributed by atoms with van der Waals surface area (Å²) in [4.78, 5) is 27.5. The Hall–Kier alpha value is -2.95. The fourth-order valence-electron chi connectivity index (χ4n) is 5.49. The molecule has 1 amide bonds. The molecule has 2 aromatic carbocycles. The minimum absolute atomic E-state index is 0.0338. The zero-order chi connectivity index (χ0) is 28.4. The van der Waals surface area contributed by atoms with Gasteiger partial charge in [-0.1, -0.05) is 48.0 Å². The van der Waals surface area contributed by atoms with Crippen molar-refractivity contribution in [3.05, 3.63) is 65.7 Å². The summed E-state index contributed by atoms with van der Waals surface area (Å²) in [6, 6.07) is 15.2. The highest BCUT2D eigenvalue weighted by atomic mass is 32.2. The van der Waals surface area contributed by atoms with Gasteiger partial charge in [0.15, 0.2) is 6.10 Å². The molecule has 0 radical (unpaired) electrons. The van der Waals surface area contributed by atoms with E-state index in [-0.39, 0.29) is 29.3 Å². The van der Waals surface area contributed by atoms with Crippen molar-refractivity contribution in [1.82, 2.24) is 9.62 Å². The molecule has 1 N–H and O–H groups in total. The standard InChI is InChI=1S/C29H38N2O7S/c1-19-11-13-23(14-12-19)39(34,35)30-25-22(18-37-27(32)26(36-5)20-9-7-6-8-10-20)15-21-16-31(17-24(21)25)28(33)38-29(2,3)4/h6-14,21-22,24-26,30H,15-18H2,1-5H3/t21-,22+,24+,25+,26+/m0/s1. The molecular formula is C29H38N2O7S. The third kappa shape index (κ3) is 6.98. The van der Waals surface area contributed by atoms with E-state index in [4.69, 9.17) is 14.2 Å². The molecule has 39 heavy (non-hydrogen) atoms. The van der Waals surface area contributed by atoms with E-state index < -0.39 is 39.8 Å². The van der Waals surface area contributed by atoms with E-state index in [2.05, 4.69) is 4.72 Å². The van der Waals surface area contributed by atoms with Gasteiger partial charge in [0, 0.05) is 32.2 Å². The van der Waals surface area contributed by atoms with Gasteiger partial charge in [-0.3, -0.25) is 0 Å². The number of hydrogen-bond acceptors (Lipinski definition) is 7. The molecule has 0 spiro atoms. The van der Waals surface area contributed by atoms with Crippen LogP contribution < -0.4 is 4.72 Å². The number of esters is 1. The Labute approximate surface area is 230 Å². The topological polar surface area (TPSA) is 111 Å². The zero-order valence-corrected chi connectivity index (χ0v) is 23.9. The van der Waals surface area contributed by atoms with Crippen LogP contribution in [0.15, 0.2) is 59.5 Å². The minimum Gasteiger partial charge on any atom is -0.463 e. The Kier molecular flexibility index (Phi) is 8.68. The summed E-state index contributed by atoms with van der Waals surface area (Å²) >= 11 is 0. The van der Waals surface area contributed by atoms with Crippen LogP contribution in [0.1, 0.15) is 44.4 Å². The number of sulfonamides is 1. The number of carbonyl (C=O) groups is 2. The first-order valence-corrected chi connectivity index (χ1v) is 14.7. The van der Waals surface area contributed by atoms with Crippen molar-refractivity contribution < 1.29 is 32.2 Å². The summed E-state index contributed by atoms with van der Waals surface area (Å²) < 4.78 is 46.3. The predicted molar refractivity (Wildman–Crippen MR) is 145 cm³/mol. The van der Waals surface area contributed by atoms with Crippen LogP contribution in [0.3, 0.4) is 0 Å². The summed E-state index contributed by atoms with van der Waals surface area (Å²) in [5, 5.41) is 0. The largest absolute Gasteiger partial charge is 0.463 e. The van der Waals surface area contributed by atoms with Crippen LogP contribution in [0.2, 0.25) is 0 Å². The van der Waals surface area contributed by atoms with Crippen LogP contribution in [0.25, 0.3) is 0 Å². The summed E-state index contributed by atoms with van der Waals surface area (Å²) in [5.74, 6) is -0.900. The van der Waals surface area contributed by atoms with Crippen LogP contribution in [0, 0.1) is 24.7 Å². The molecule has 212 valence electrons. The van der Waals surface area contributed by atoms with E-state index in [0.717, 1.165) is 5.56 Å². The van der Waals surface area contributed by atoms with Crippen LogP contribution in [0.4, 0.5) is 4.79 Å². The maximum atomic E-state index is 13.4. The Balaban J connectivity index is 1.51. The van der Waals surface area contributed by atoms with Crippen molar-refractivity contribution in [2.24, 2.45) is 17.8 Å². The maximum absolute atomic E-state index is 13.4. The molecule has 10 heteroatoms. The molecule has 0 unspecified atom stereocenters. The smallest absolute Gasteiger partial charge is 0.410 e. The van der Waals surface area contributed by atoms with E-state index in [9.17, 15) is 18.0 Å². The lowest BCUT2D eigenvalue weighted by molar-refractivity contribution is -0.157. The number of hydrogen-bond donors (Lipinski definition) is 1. The lowest BCUT2D eigenvalue weighted by Gasteiger charge is -2.28. The summed E-state index contributed by atoms with van der Waals surface area (Å²) in [6.07, 6.45) is -0.690. The van der Waals surface area contributed by atoms with Gasteiger partial charge >= 0.3 is 12.1 Å². The highest BCUT2D eigenvalue weighted by molar-refractivity contribution is 7.89. The number of likely N-dealkylation sites (tertiary alicyclic amines) is 1. The van der Waals surface area contributed by atoms with Gasteiger partial charge in [0.25, 0.3) is 0 Å². The zero-order valence-electron chi connectivity index (χ0n) is 23.1. The van der Waals surface area contributed by atoms with Gasteiger partial charge < -0.3 is 19.1 Å². The average molecular weight is 559 g/mol. The molecule has 2 fully saturated rings. The molecular weight excluding hydrogens is 520 g/mol. The van der Waals surface area contributed by atoms with E-state index in [1.807, 2.05) is 45.9 Å². The molecule has 0 aromatic heterocycles. The van der Waals surface area contributed by atoms with Gasteiger partial charge in [-0.2, -0.15) is 0 Å². The molecule has 1 aliphatic heterocycles. The number of benzene rings is 2. The van der Waals surface area contributed by atoms with Gasteiger partial charge in [0.05, 0.1) is 11.5 Å². The number of methoxy groups -OCH3 is 1. The van der Waals surface area contributed by atoms with Crippen LogP contribution in [0.5, 0.6) is 0 Å². The third-order valence-corrected chi connectivity index (χ3v) is 8.81. The molecule has 1 aliphatic carbocycles. The molecule has 0 bridgehead atoms. The van der Waals surface area contributed by atoms with Crippen molar-refractivity contribution in [3.63, 3.8) is 0 Å². The number of amides is 1. The van der Waals surface area contributed by atoms with E-state index >= 15 is 0 Å². The fraction of sp³-hybridized carbons (Fsp3) is 0.517. The number of rotatable bonds is 8. The quantitative estimate of drug-likeness (QED) is 0.486. The molecule has 5 atom stereocenters. The SMILES string of the molecule is CO[C@@H](C(=O)OC[C@H]1C[C@H]2CN(C(=O)OC(C)(C)C)C[C@H]2[C@@H]1NS(=O)(=O)c1ccc(C)cc1)c1ccccc1. The van der Waals surface area contributed by atoms with Crippen molar-refractivity contribution >= 4 is 22.1 Å². The van der Waals surface area contributed by atoms with Gasteiger partial charge in [0.2, 0.25) is 10.0 Å². The first-order chi connectivity index (χ1) is 18.4. The first-order valence-electron chi connectivity index (χ1n) is 13.2. The Morgan fingerprint density at radius 1 is 1.05 bits per heavy atom. The van der Waals surface area contributed by atoms with Crippen molar-refractivity contribution in [2.75, 3.05) is 26.8 Å². The van der Waals surface area contributed by atoms with Crippen molar-refractivity contribution in [3.8, 4) is 0 Å². The monoisotopic (exact) mass is 558 g/mol. The number of aryl methyl sites for hydroxylation is 1. The van der Waals surface area contributed by atoms with Crippen LogP contribution >= 0.6 is 0 Å². The minimum atomic E-state index is -3.85. The molecule has 1 saturated carbocycles. The maximum Gasteiger partial charge on any atom is 0.410 e. The van der Waals surface area contributed by atoms with E-state index in [1.54, 1.807) is 41.3 Å². The normalized spacial score (nSPS) is 23.8. The van der Waals surface area contributed by atoms with Gasteiger partial charge in [-0.25, -0.2) is 22.7 Å². The van der Waals surface area contributed by atoms with Crippen molar-refractivity contribution in [1.29, 1.82) is 0 Å². The first kappa shape index (κ1) is 29.0. The lowest BCUT2D eigenvalue weighted by atomic mass is 9.97. The molecule has 1 heterocycles. The molecule has 9 nitrogen and oxygen atoms in total. The van der Waals surface area contributed by atoms with Crippen molar-refractivity contribution in [2.45, 2.75) is 56.8 Å². The van der Waals surface area contributed by atoms with Crippen LogP contribution in [-0.2, 0) is 29.0 Å². The number of ether oxygens (including phenoxy) is 3. The number of nitrogens with one attached hydrogen (secondary N) is 1. The second kappa shape index (κ2) is 11.7. The van der Waals surface area contributed by atoms with E-state index in [0.29, 0.717) is 25.1 Å². The van der Waals surface area contributed by atoms with E-state index in [1.165, 1.54) is 7.11 Å². The summed E-state index contributed by atoms with van der Waals surface area (Å²) in [5.41, 5.74) is 1.00. The number of fused-ring (bicyclic) bond motifs is 1. The highest BCUT2D eigenvalue weighted by Crippen LogP contribution is 2.43. The molecule has 4 rings (SSSR count). The van der Waals surface area contributed by atoms with Gasteiger partial charge in [-0.05, 0) is 63.6 Å². The summed E-state index contributed by atoms with van der Waals surface area (Å²) in [6.45, 7) is 8.18. The molecule has 2 aromatic rings. The second-order valence-electron chi connectivity index (χ2n) is 11.4. The Morgan fingerprint density at radius 2 is 1.72 bits per heavy atom. The Morgan fingerprint density at radius 3 is 2.33 bits per heavy atom. The third-order valence-electron chi connectivity index (χ3n) is 7.33. The fourth-order valence-corrected chi connectivity index (χ4v) is 6.85. The number of nitrogens with zero attached hydrogens (tertiary/aromatic N) is 1. The lowest BCUT2D eigenvalue weighted by Crippen LogP contribution is -2.45. The molecule has 1 saturated heterocycles. The predicted octanol–water partition coefficient (Wildman–Crippen LogP) is 4.08. The Bertz CT molecular complexity index is 1260. The summed E-state index contributed by atoms with van der Waals surface area (Å²) in [7, 11) is -2.40. The average Bonchev–Trinajstić information content (AvgIpc) is 3.42. The van der Waals surface area contributed by atoms with Crippen LogP contribution in [-0.4, -0.2) is 63.8 Å².